The topological polar surface area (TPSA) is 106 Å². The van der Waals surface area contributed by atoms with Gasteiger partial charge in [0.05, 0.1) is 12.5 Å². The summed E-state index contributed by atoms with van der Waals surface area (Å²) in [6, 6.07) is 0. The molecule has 0 fully saturated rings. The standard InChI is InChI=1S/C15H28N3O6/c1-7-9-10-22-15(21)17(23-13(20)11(3)4)14(16)18(6,8-2)24-12(5)19/h11,16H,7-10H2,1-6H3/q+1. The fourth-order valence-electron chi connectivity index (χ4n) is 1.46. The van der Waals surface area contributed by atoms with Gasteiger partial charge in [-0.15, -0.1) is 0 Å². The number of amides is 1. The summed E-state index contributed by atoms with van der Waals surface area (Å²) in [7, 11) is 1.40. The molecule has 0 aromatic rings. The molecule has 0 aliphatic rings. The lowest BCUT2D eigenvalue weighted by Crippen LogP contribution is -2.58. The van der Waals surface area contributed by atoms with Gasteiger partial charge in [-0.1, -0.05) is 31.8 Å². The molecule has 0 bridgehead atoms. The van der Waals surface area contributed by atoms with Crippen LogP contribution in [-0.4, -0.2) is 53.9 Å². The molecule has 9 nitrogen and oxygen atoms in total. The van der Waals surface area contributed by atoms with E-state index in [0.717, 1.165) is 6.42 Å². The van der Waals surface area contributed by atoms with Crippen LogP contribution in [0, 0.1) is 11.3 Å². The van der Waals surface area contributed by atoms with Crippen LogP contribution >= 0.6 is 0 Å². The van der Waals surface area contributed by atoms with Crippen molar-refractivity contribution in [3.05, 3.63) is 0 Å². The third-order valence-electron chi connectivity index (χ3n) is 3.12. The predicted octanol–water partition coefficient (Wildman–Crippen LogP) is 2.22. The van der Waals surface area contributed by atoms with Crippen LogP contribution in [0.3, 0.4) is 0 Å². The highest BCUT2D eigenvalue weighted by Crippen LogP contribution is 2.13. The Morgan fingerprint density at radius 2 is 1.79 bits per heavy atom. The Bertz CT molecular complexity index is 480. The van der Waals surface area contributed by atoms with Gasteiger partial charge >= 0.3 is 24.0 Å². The first-order valence-corrected chi connectivity index (χ1v) is 7.92. The zero-order chi connectivity index (χ0) is 18.9. The molecule has 9 heteroatoms. The highest BCUT2D eigenvalue weighted by atomic mass is 16.8. The van der Waals surface area contributed by atoms with Gasteiger partial charge in [0.2, 0.25) is 0 Å². The van der Waals surface area contributed by atoms with Crippen LogP contribution in [0.5, 0.6) is 0 Å². The highest BCUT2D eigenvalue weighted by Gasteiger charge is 2.42. The van der Waals surface area contributed by atoms with Crippen molar-refractivity contribution in [2.24, 2.45) is 5.92 Å². The molecule has 1 unspecified atom stereocenters. The molecule has 1 N–H and O–H groups in total. The second-order valence-corrected chi connectivity index (χ2v) is 5.65. The minimum Gasteiger partial charge on any atom is -0.447 e. The SMILES string of the molecule is CCCCOC(=O)N(OC(=O)C(C)C)C(=N)[N+](C)(CC)OC(C)=O. The number of nitrogens with one attached hydrogen (secondary N) is 1. The molecule has 0 saturated heterocycles. The molecule has 0 saturated carbocycles. The van der Waals surface area contributed by atoms with Gasteiger partial charge in [0, 0.05) is 6.92 Å². The van der Waals surface area contributed by atoms with Crippen molar-refractivity contribution >= 4 is 24.0 Å². The van der Waals surface area contributed by atoms with Crippen molar-refractivity contribution in [1.82, 2.24) is 5.06 Å². The molecule has 24 heavy (non-hydrogen) atoms. The monoisotopic (exact) mass is 346 g/mol. The minimum absolute atomic E-state index is 0.127. The summed E-state index contributed by atoms with van der Waals surface area (Å²) in [5, 5.41) is 8.62. The zero-order valence-electron chi connectivity index (χ0n) is 15.2. The van der Waals surface area contributed by atoms with E-state index < -0.39 is 34.6 Å². The zero-order valence-corrected chi connectivity index (χ0v) is 15.2. The van der Waals surface area contributed by atoms with E-state index in [0.29, 0.717) is 11.5 Å². The summed E-state index contributed by atoms with van der Waals surface area (Å²) in [6.45, 7) is 8.22. The van der Waals surface area contributed by atoms with E-state index in [9.17, 15) is 14.4 Å². The van der Waals surface area contributed by atoms with Gasteiger partial charge in [0.25, 0.3) is 0 Å². The first-order valence-electron chi connectivity index (χ1n) is 7.92. The van der Waals surface area contributed by atoms with Gasteiger partial charge in [-0.25, -0.2) is 19.8 Å². The predicted molar refractivity (Wildman–Crippen MR) is 85.2 cm³/mol. The molecule has 0 aromatic heterocycles. The average molecular weight is 346 g/mol. The van der Waals surface area contributed by atoms with E-state index in [1.54, 1.807) is 20.8 Å². The van der Waals surface area contributed by atoms with Gasteiger partial charge in [-0.2, -0.15) is 0 Å². The lowest BCUT2D eigenvalue weighted by atomic mass is 10.2. The summed E-state index contributed by atoms with van der Waals surface area (Å²) in [5.41, 5.74) is 0. The molecule has 0 heterocycles. The van der Waals surface area contributed by atoms with Crippen molar-refractivity contribution in [2.45, 2.75) is 47.5 Å². The van der Waals surface area contributed by atoms with Gasteiger partial charge in [-0.05, 0) is 18.4 Å². The maximum absolute atomic E-state index is 12.2. The number of guanidine groups is 1. The molecule has 0 spiro atoms. The summed E-state index contributed by atoms with van der Waals surface area (Å²) >= 11 is 0. The van der Waals surface area contributed by atoms with Crippen molar-refractivity contribution in [3.63, 3.8) is 0 Å². The Balaban J connectivity index is 5.41. The summed E-state index contributed by atoms with van der Waals surface area (Å²) in [6.07, 6.45) is 0.439. The maximum Gasteiger partial charge on any atom is 0.454 e. The number of carbonyl (C=O) groups is 3. The molecule has 0 aliphatic heterocycles. The van der Waals surface area contributed by atoms with Crippen LogP contribution in [0.15, 0.2) is 0 Å². The van der Waals surface area contributed by atoms with Crippen LogP contribution in [0.25, 0.3) is 0 Å². The summed E-state index contributed by atoms with van der Waals surface area (Å²) < 4.78 is 4.33. The quantitative estimate of drug-likeness (QED) is 0.269. The van der Waals surface area contributed by atoms with Gasteiger partial charge in [-0.3, -0.25) is 4.84 Å². The Morgan fingerprint density at radius 3 is 2.21 bits per heavy atom. The highest BCUT2D eigenvalue weighted by molar-refractivity contribution is 5.89. The van der Waals surface area contributed by atoms with Crippen molar-refractivity contribution in [3.8, 4) is 0 Å². The Labute approximate surface area is 142 Å². The molecule has 0 aromatic carbocycles. The smallest absolute Gasteiger partial charge is 0.447 e. The van der Waals surface area contributed by atoms with Crippen LogP contribution < -0.4 is 0 Å². The number of hydrogen-bond donors (Lipinski definition) is 1. The van der Waals surface area contributed by atoms with Crippen LogP contribution in [-0.2, 0) is 24.0 Å². The number of ether oxygens (including phenoxy) is 1. The Kier molecular flexibility index (Phi) is 8.97. The van der Waals surface area contributed by atoms with Crippen LogP contribution in [0.2, 0.25) is 0 Å². The van der Waals surface area contributed by atoms with E-state index in [2.05, 4.69) is 0 Å². The summed E-state index contributed by atoms with van der Waals surface area (Å²) in [4.78, 5) is 45.4. The molecule has 138 valence electrons. The fourth-order valence-corrected chi connectivity index (χ4v) is 1.46. The minimum atomic E-state index is -1.01. The number of unbranched alkanes of at least 4 members (excludes halogenated alkanes) is 1. The first kappa shape index (κ1) is 21.8. The Hall–Kier alpha value is -2.16. The number of carbonyl (C=O) groups excluding carboxylic acids is 3. The van der Waals surface area contributed by atoms with E-state index in [4.69, 9.17) is 19.8 Å². The molecule has 0 rings (SSSR count). The van der Waals surface area contributed by atoms with E-state index in [1.165, 1.54) is 14.0 Å². The normalized spacial score (nSPS) is 13.0. The van der Waals surface area contributed by atoms with Gasteiger partial charge < -0.3 is 9.57 Å². The van der Waals surface area contributed by atoms with Gasteiger partial charge in [0.1, 0.15) is 13.6 Å². The van der Waals surface area contributed by atoms with Crippen molar-refractivity contribution < 1.29 is 33.4 Å². The first-order chi connectivity index (χ1) is 11.1. The Morgan fingerprint density at radius 1 is 1.21 bits per heavy atom. The number of nitrogens with zero attached hydrogens (tertiary/aromatic N) is 2. The van der Waals surface area contributed by atoms with E-state index >= 15 is 0 Å². The molecular weight excluding hydrogens is 318 g/mol. The lowest BCUT2D eigenvalue weighted by Gasteiger charge is -2.31. The number of hydrogen-bond acceptors (Lipinski definition) is 7. The van der Waals surface area contributed by atoms with Crippen LogP contribution in [0.1, 0.15) is 47.5 Å². The molecule has 0 radical (unpaired) electrons. The lowest BCUT2D eigenvalue weighted by molar-refractivity contribution is -1.01. The third kappa shape index (κ3) is 6.53. The second-order valence-electron chi connectivity index (χ2n) is 5.65. The van der Waals surface area contributed by atoms with Gasteiger partial charge in [0.15, 0.2) is 0 Å². The fraction of sp³-hybridized carbons (Fsp3) is 0.733. The van der Waals surface area contributed by atoms with Crippen LogP contribution in [0.4, 0.5) is 4.79 Å². The van der Waals surface area contributed by atoms with Crippen molar-refractivity contribution in [2.75, 3.05) is 20.2 Å². The van der Waals surface area contributed by atoms with E-state index in [-0.39, 0.29) is 13.2 Å². The third-order valence-corrected chi connectivity index (χ3v) is 3.12. The second kappa shape index (κ2) is 9.86. The number of quaternary nitrogens is 1. The number of hydroxylamine groups is 5. The molecule has 1 amide bonds. The summed E-state index contributed by atoms with van der Waals surface area (Å²) in [5.74, 6) is -2.41. The van der Waals surface area contributed by atoms with Crippen molar-refractivity contribution in [1.29, 1.82) is 5.41 Å². The molecule has 1 atom stereocenters. The maximum atomic E-state index is 12.2. The number of rotatable bonds is 5. The molecular formula is C15H28N3O6+. The average Bonchev–Trinajstić information content (AvgIpc) is 2.50. The van der Waals surface area contributed by atoms with E-state index in [1.807, 2.05) is 6.92 Å². The molecule has 0 aliphatic carbocycles. The largest absolute Gasteiger partial charge is 0.454 e.